The van der Waals surface area contributed by atoms with Gasteiger partial charge in [0.05, 0.1) is 11.8 Å². The Hall–Kier alpha value is -3.00. The maximum Gasteiger partial charge on any atom is 0.251 e. The van der Waals surface area contributed by atoms with Gasteiger partial charge in [-0.1, -0.05) is 35.5 Å². The van der Waals surface area contributed by atoms with Gasteiger partial charge in [0.25, 0.3) is 5.91 Å². The van der Waals surface area contributed by atoms with Gasteiger partial charge < -0.3 is 4.74 Å². The van der Waals surface area contributed by atoms with E-state index in [-0.39, 0.29) is 17.9 Å². The number of aromatic nitrogens is 3. The molecule has 138 valence electrons. The van der Waals surface area contributed by atoms with Crippen molar-refractivity contribution in [3.05, 3.63) is 52.9 Å². The number of carbonyl (C=O) groups excluding carboxylic acids is 2. The highest BCUT2D eigenvalue weighted by molar-refractivity contribution is 7.08. The third kappa shape index (κ3) is 3.61. The van der Waals surface area contributed by atoms with Gasteiger partial charge in [-0.15, -0.1) is 16.4 Å². The molecule has 0 radical (unpaired) electrons. The van der Waals surface area contributed by atoms with Gasteiger partial charge in [0.1, 0.15) is 23.6 Å². The highest BCUT2D eigenvalue weighted by Crippen LogP contribution is 2.35. The van der Waals surface area contributed by atoms with Crippen molar-refractivity contribution in [2.24, 2.45) is 0 Å². The molecule has 0 aliphatic carbocycles. The zero-order valence-corrected chi connectivity index (χ0v) is 15.5. The predicted molar refractivity (Wildman–Crippen MR) is 100 cm³/mol. The lowest BCUT2D eigenvalue weighted by Crippen LogP contribution is -2.41. The zero-order valence-electron chi connectivity index (χ0n) is 14.7. The molecule has 1 N–H and O–H groups in total. The number of amides is 2. The van der Waals surface area contributed by atoms with Crippen molar-refractivity contribution in [2.45, 2.75) is 31.9 Å². The Morgan fingerprint density at radius 2 is 2.07 bits per heavy atom. The van der Waals surface area contributed by atoms with Crippen LogP contribution in [0.5, 0.6) is 5.75 Å². The largest absolute Gasteiger partial charge is 0.484 e. The molecule has 7 nitrogen and oxygen atoms in total. The molecule has 4 rings (SSSR count). The number of rotatable bonds is 5. The van der Waals surface area contributed by atoms with Gasteiger partial charge in [-0.25, -0.2) is 4.68 Å². The molecule has 2 amide bonds. The molecule has 3 aromatic rings. The third-order valence-electron chi connectivity index (χ3n) is 4.51. The van der Waals surface area contributed by atoms with Crippen molar-refractivity contribution < 1.29 is 14.3 Å². The summed E-state index contributed by atoms with van der Waals surface area (Å²) in [6, 6.07) is 9.46. The van der Waals surface area contributed by atoms with Gasteiger partial charge in [0, 0.05) is 17.2 Å². The first-order valence-electron chi connectivity index (χ1n) is 8.65. The van der Waals surface area contributed by atoms with Crippen LogP contribution < -0.4 is 10.1 Å². The SMILES string of the molecule is CC(Oc1cscc1-c1cn(C2CCC(=O)NC2=O)nn1)c1ccccc1. The molecule has 2 unspecified atom stereocenters. The highest BCUT2D eigenvalue weighted by atomic mass is 32.1. The summed E-state index contributed by atoms with van der Waals surface area (Å²) in [6.07, 6.45) is 2.34. The van der Waals surface area contributed by atoms with Gasteiger partial charge in [-0.3, -0.25) is 14.9 Å². The maximum absolute atomic E-state index is 12.0. The molecule has 1 aliphatic rings. The van der Waals surface area contributed by atoms with Gasteiger partial charge in [0.2, 0.25) is 5.91 Å². The molecule has 1 aliphatic heterocycles. The number of thiophene rings is 1. The van der Waals surface area contributed by atoms with Crippen LogP contribution in [0.1, 0.15) is 37.5 Å². The van der Waals surface area contributed by atoms with E-state index in [0.29, 0.717) is 18.5 Å². The second-order valence-corrected chi connectivity index (χ2v) is 7.11. The monoisotopic (exact) mass is 382 g/mol. The van der Waals surface area contributed by atoms with Crippen LogP contribution in [0.25, 0.3) is 11.3 Å². The molecular formula is C19H18N4O3S. The fraction of sp³-hybridized carbons (Fsp3) is 0.263. The Bertz CT molecular complexity index is 966. The first-order chi connectivity index (χ1) is 13.1. The van der Waals surface area contributed by atoms with Crippen molar-refractivity contribution >= 4 is 23.2 Å². The number of piperidine rings is 1. The van der Waals surface area contributed by atoms with Crippen molar-refractivity contribution in [3.63, 3.8) is 0 Å². The minimum atomic E-state index is -0.518. The highest BCUT2D eigenvalue weighted by Gasteiger charge is 2.29. The summed E-state index contributed by atoms with van der Waals surface area (Å²) < 4.78 is 7.64. The first-order valence-corrected chi connectivity index (χ1v) is 9.60. The molecule has 8 heteroatoms. The molecule has 0 saturated carbocycles. The molecule has 1 aromatic carbocycles. The van der Waals surface area contributed by atoms with Crippen LogP contribution in [0.15, 0.2) is 47.3 Å². The van der Waals surface area contributed by atoms with E-state index in [1.54, 1.807) is 6.20 Å². The van der Waals surface area contributed by atoms with Crippen molar-refractivity contribution in [2.75, 3.05) is 0 Å². The number of nitrogens with one attached hydrogen (secondary N) is 1. The molecule has 1 fully saturated rings. The van der Waals surface area contributed by atoms with E-state index < -0.39 is 6.04 Å². The topological polar surface area (TPSA) is 86.1 Å². The number of hydrogen-bond acceptors (Lipinski definition) is 6. The van der Waals surface area contributed by atoms with Gasteiger partial charge >= 0.3 is 0 Å². The molecule has 0 bridgehead atoms. The van der Waals surface area contributed by atoms with Gasteiger partial charge in [-0.2, -0.15) is 0 Å². The fourth-order valence-electron chi connectivity index (χ4n) is 3.03. The number of benzene rings is 1. The molecule has 1 saturated heterocycles. The zero-order chi connectivity index (χ0) is 18.8. The Labute approximate surface area is 160 Å². The van der Waals surface area contributed by atoms with Gasteiger partial charge in [0.15, 0.2) is 0 Å². The fourth-order valence-corrected chi connectivity index (χ4v) is 3.78. The second-order valence-electron chi connectivity index (χ2n) is 6.37. The number of hydrogen-bond donors (Lipinski definition) is 1. The predicted octanol–water partition coefficient (Wildman–Crippen LogP) is 3.12. The van der Waals surface area contributed by atoms with E-state index in [1.165, 1.54) is 16.0 Å². The average Bonchev–Trinajstić information content (AvgIpc) is 3.31. The van der Waals surface area contributed by atoms with Crippen LogP contribution in [0.3, 0.4) is 0 Å². The molecule has 3 heterocycles. The van der Waals surface area contributed by atoms with Crippen LogP contribution in [0, 0.1) is 0 Å². The van der Waals surface area contributed by atoms with Crippen LogP contribution in [0.4, 0.5) is 0 Å². The van der Waals surface area contributed by atoms with E-state index in [0.717, 1.165) is 16.9 Å². The van der Waals surface area contributed by atoms with E-state index >= 15 is 0 Å². The summed E-state index contributed by atoms with van der Waals surface area (Å²) in [5.41, 5.74) is 2.55. The summed E-state index contributed by atoms with van der Waals surface area (Å²) in [4.78, 5) is 23.3. The van der Waals surface area contributed by atoms with E-state index in [2.05, 4.69) is 15.6 Å². The minimum absolute atomic E-state index is 0.107. The van der Waals surface area contributed by atoms with Crippen LogP contribution >= 0.6 is 11.3 Å². The second kappa shape index (κ2) is 7.32. The molecule has 2 atom stereocenters. The molecule has 2 aromatic heterocycles. The van der Waals surface area contributed by atoms with Crippen LogP contribution in [-0.4, -0.2) is 26.8 Å². The minimum Gasteiger partial charge on any atom is -0.484 e. The number of imide groups is 1. The lowest BCUT2D eigenvalue weighted by Gasteiger charge is -2.20. The standard InChI is InChI=1S/C19H18N4O3S/c1-12(13-5-3-2-4-6-13)26-17-11-27-10-14(17)15-9-23(22-21-15)16-7-8-18(24)20-19(16)25/h2-6,9-12,16H,7-8H2,1H3,(H,20,24,25). The van der Waals surface area contributed by atoms with E-state index in [9.17, 15) is 9.59 Å². The summed E-state index contributed by atoms with van der Waals surface area (Å²) in [7, 11) is 0. The number of nitrogens with zero attached hydrogens (tertiary/aromatic N) is 3. The average molecular weight is 382 g/mol. The quantitative estimate of drug-likeness (QED) is 0.685. The van der Waals surface area contributed by atoms with Crippen molar-refractivity contribution in [1.29, 1.82) is 0 Å². The first kappa shape index (κ1) is 17.4. The van der Waals surface area contributed by atoms with Crippen molar-refractivity contribution in [1.82, 2.24) is 20.3 Å². The van der Waals surface area contributed by atoms with E-state index in [1.807, 2.05) is 48.0 Å². The Kier molecular flexibility index (Phi) is 4.72. The lowest BCUT2D eigenvalue weighted by molar-refractivity contribution is -0.136. The summed E-state index contributed by atoms with van der Waals surface area (Å²) in [6.45, 7) is 2.00. The normalized spacial score (nSPS) is 18.2. The summed E-state index contributed by atoms with van der Waals surface area (Å²) in [5, 5.41) is 14.5. The summed E-state index contributed by atoms with van der Waals surface area (Å²) >= 11 is 1.52. The van der Waals surface area contributed by atoms with Gasteiger partial charge in [-0.05, 0) is 18.9 Å². The van der Waals surface area contributed by atoms with Crippen LogP contribution in [0.2, 0.25) is 0 Å². The third-order valence-corrected chi connectivity index (χ3v) is 5.24. The molecule has 0 spiro atoms. The lowest BCUT2D eigenvalue weighted by atomic mass is 10.1. The number of carbonyl (C=O) groups is 2. The number of ether oxygens (including phenoxy) is 1. The Balaban J connectivity index is 1.54. The van der Waals surface area contributed by atoms with Crippen LogP contribution in [-0.2, 0) is 9.59 Å². The smallest absolute Gasteiger partial charge is 0.251 e. The Morgan fingerprint density at radius 1 is 1.26 bits per heavy atom. The maximum atomic E-state index is 12.0. The Morgan fingerprint density at radius 3 is 2.85 bits per heavy atom. The molecule has 27 heavy (non-hydrogen) atoms. The molecular weight excluding hydrogens is 364 g/mol. The summed E-state index contributed by atoms with van der Waals surface area (Å²) in [5.74, 6) is 0.133. The van der Waals surface area contributed by atoms with E-state index in [4.69, 9.17) is 4.74 Å². The van der Waals surface area contributed by atoms with Crippen molar-refractivity contribution in [3.8, 4) is 17.0 Å².